The number of rotatable bonds is 4. The number of fused-ring (bicyclic) bond motifs is 1. The van der Waals surface area contributed by atoms with Crippen molar-refractivity contribution in [3.8, 4) is 0 Å². The van der Waals surface area contributed by atoms with Gasteiger partial charge in [0.2, 0.25) is 0 Å². The number of nitrogens with two attached hydrogens (primary N) is 1. The summed E-state index contributed by atoms with van der Waals surface area (Å²) in [5, 5.41) is 23.4. The van der Waals surface area contributed by atoms with Crippen molar-refractivity contribution in [1.29, 1.82) is 0 Å². The van der Waals surface area contributed by atoms with Gasteiger partial charge in [-0.15, -0.1) is 0 Å². The number of hydrogen-bond acceptors (Lipinski definition) is 5. The molecule has 7 heteroatoms. The molecule has 0 aliphatic heterocycles. The molecule has 92 valence electrons. The monoisotopic (exact) mass is 238 g/mol. The first-order chi connectivity index (χ1) is 8.13. The molecule has 2 aromatic heterocycles. The van der Waals surface area contributed by atoms with Crippen LogP contribution >= 0.6 is 0 Å². The van der Waals surface area contributed by atoms with E-state index >= 15 is 0 Å². The summed E-state index contributed by atoms with van der Waals surface area (Å²) in [6, 6.07) is 1.50. The summed E-state index contributed by atoms with van der Waals surface area (Å²) in [5.74, 6) is 0. The molecule has 2 heterocycles. The zero-order valence-corrected chi connectivity index (χ0v) is 9.08. The third-order valence-corrected chi connectivity index (χ3v) is 2.60. The predicted octanol–water partition coefficient (Wildman–Crippen LogP) is -1.23. The molecule has 2 unspecified atom stereocenters. The Kier molecular flexibility index (Phi) is 3.23. The van der Waals surface area contributed by atoms with Crippen molar-refractivity contribution in [2.75, 3.05) is 6.54 Å². The number of hydrogen-bond donors (Lipinski definition) is 4. The van der Waals surface area contributed by atoms with Crippen molar-refractivity contribution in [2.45, 2.75) is 18.6 Å². The van der Waals surface area contributed by atoms with E-state index in [1.54, 1.807) is 0 Å². The van der Waals surface area contributed by atoms with Crippen LogP contribution in [0.5, 0.6) is 0 Å². The van der Waals surface area contributed by atoms with E-state index in [2.05, 4.69) is 10.1 Å². The topological polar surface area (TPSA) is 117 Å². The minimum atomic E-state index is -1.07. The second kappa shape index (κ2) is 4.66. The lowest BCUT2D eigenvalue weighted by molar-refractivity contribution is 0.0150. The Morgan fingerprint density at radius 3 is 2.94 bits per heavy atom. The smallest absolute Gasteiger partial charge is 0.275 e. The van der Waals surface area contributed by atoms with Crippen LogP contribution in [0.15, 0.2) is 23.4 Å². The van der Waals surface area contributed by atoms with E-state index in [0.717, 1.165) is 0 Å². The van der Waals surface area contributed by atoms with Crippen molar-refractivity contribution in [1.82, 2.24) is 14.6 Å². The maximum atomic E-state index is 11.4. The third-order valence-electron chi connectivity index (χ3n) is 2.60. The third kappa shape index (κ3) is 2.21. The zero-order valence-electron chi connectivity index (χ0n) is 9.08. The van der Waals surface area contributed by atoms with Gasteiger partial charge in [0, 0.05) is 11.8 Å². The van der Waals surface area contributed by atoms with Crippen molar-refractivity contribution in [3.63, 3.8) is 0 Å². The Balaban J connectivity index is 2.36. The Labute approximate surface area is 96.5 Å². The van der Waals surface area contributed by atoms with Crippen LogP contribution < -0.4 is 11.3 Å². The van der Waals surface area contributed by atoms with Gasteiger partial charge in [0.15, 0.2) is 0 Å². The molecule has 7 nitrogen and oxygen atoms in total. The summed E-state index contributed by atoms with van der Waals surface area (Å²) >= 11 is 0. The minimum Gasteiger partial charge on any atom is -0.390 e. The van der Waals surface area contributed by atoms with Crippen molar-refractivity contribution >= 4 is 5.52 Å². The first-order valence-electron chi connectivity index (χ1n) is 5.25. The molecule has 2 rings (SSSR count). The van der Waals surface area contributed by atoms with Gasteiger partial charge in [0.05, 0.1) is 6.10 Å². The zero-order chi connectivity index (χ0) is 12.4. The molecular weight excluding hydrogens is 224 g/mol. The number of nitrogens with zero attached hydrogens (tertiary/aromatic N) is 2. The lowest BCUT2D eigenvalue weighted by atomic mass is 10.1. The molecule has 0 radical (unpaired) electrons. The van der Waals surface area contributed by atoms with Gasteiger partial charge >= 0.3 is 0 Å². The maximum Gasteiger partial charge on any atom is 0.275 e. The van der Waals surface area contributed by atoms with Crippen LogP contribution in [0.4, 0.5) is 0 Å². The van der Waals surface area contributed by atoms with Crippen LogP contribution in [0.25, 0.3) is 5.52 Å². The molecule has 0 saturated carbocycles. The Morgan fingerprint density at radius 1 is 1.53 bits per heavy atom. The Hall–Kier alpha value is -1.70. The number of aromatic amines is 1. The van der Waals surface area contributed by atoms with Gasteiger partial charge in [-0.2, -0.15) is 5.10 Å². The summed E-state index contributed by atoms with van der Waals surface area (Å²) in [6.07, 6.45) is 1.05. The summed E-state index contributed by atoms with van der Waals surface area (Å²) < 4.78 is 1.35. The van der Waals surface area contributed by atoms with Crippen LogP contribution in [0.2, 0.25) is 0 Å². The molecule has 0 saturated heterocycles. The molecule has 0 aliphatic rings. The molecule has 0 spiro atoms. The molecule has 0 fully saturated rings. The molecule has 2 aromatic rings. The minimum absolute atomic E-state index is 0.282. The quantitative estimate of drug-likeness (QED) is 0.532. The van der Waals surface area contributed by atoms with Gasteiger partial charge in [-0.25, -0.2) is 4.52 Å². The molecule has 2 atom stereocenters. The molecule has 0 amide bonds. The van der Waals surface area contributed by atoms with Gasteiger partial charge in [0.1, 0.15) is 17.9 Å². The van der Waals surface area contributed by atoms with Crippen molar-refractivity contribution < 1.29 is 10.2 Å². The number of aliphatic hydroxyl groups excluding tert-OH is 2. The first kappa shape index (κ1) is 11.8. The fraction of sp³-hybridized carbons (Fsp3) is 0.400. The fourth-order valence-corrected chi connectivity index (χ4v) is 1.67. The second-order valence-corrected chi connectivity index (χ2v) is 3.81. The number of aliphatic hydroxyl groups is 2. The van der Waals surface area contributed by atoms with Gasteiger partial charge in [0.25, 0.3) is 5.56 Å². The second-order valence-electron chi connectivity index (χ2n) is 3.81. The van der Waals surface area contributed by atoms with Crippen LogP contribution in [-0.4, -0.2) is 37.5 Å². The van der Waals surface area contributed by atoms with Gasteiger partial charge in [-0.3, -0.25) is 4.79 Å². The van der Waals surface area contributed by atoms with Crippen molar-refractivity contribution in [2.24, 2.45) is 5.73 Å². The SMILES string of the molecule is NCCC(O)C(O)c1cc2c(=O)[nH]cnn2c1. The van der Waals surface area contributed by atoms with E-state index in [0.29, 0.717) is 11.1 Å². The molecule has 17 heavy (non-hydrogen) atoms. The van der Waals surface area contributed by atoms with E-state index in [1.165, 1.54) is 23.1 Å². The van der Waals surface area contributed by atoms with Crippen molar-refractivity contribution in [3.05, 3.63) is 34.5 Å². The summed E-state index contributed by atoms with van der Waals surface area (Å²) in [5.41, 5.74) is 5.76. The van der Waals surface area contributed by atoms with Gasteiger partial charge < -0.3 is 20.9 Å². The molecule has 5 N–H and O–H groups in total. The highest BCUT2D eigenvalue weighted by Gasteiger charge is 2.19. The fourth-order valence-electron chi connectivity index (χ4n) is 1.67. The van der Waals surface area contributed by atoms with Crippen LogP contribution in [-0.2, 0) is 0 Å². The molecule has 0 aliphatic carbocycles. The largest absolute Gasteiger partial charge is 0.390 e. The maximum absolute atomic E-state index is 11.4. The van der Waals surface area contributed by atoms with Crippen LogP contribution in [0, 0.1) is 0 Å². The number of H-pyrrole nitrogens is 1. The first-order valence-corrected chi connectivity index (χ1v) is 5.25. The Bertz CT molecular complexity index is 562. The van der Waals surface area contributed by atoms with E-state index in [1.807, 2.05) is 0 Å². The van der Waals surface area contributed by atoms with Crippen LogP contribution in [0.1, 0.15) is 18.1 Å². The summed E-state index contributed by atoms with van der Waals surface area (Å²) in [4.78, 5) is 13.9. The molecule has 0 bridgehead atoms. The highest BCUT2D eigenvalue weighted by Crippen LogP contribution is 2.19. The highest BCUT2D eigenvalue weighted by molar-refractivity contribution is 5.47. The lowest BCUT2D eigenvalue weighted by Crippen LogP contribution is -2.21. The van der Waals surface area contributed by atoms with E-state index in [4.69, 9.17) is 5.73 Å². The summed E-state index contributed by atoms with van der Waals surface area (Å²) in [6.45, 7) is 0.282. The van der Waals surface area contributed by atoms with E-state index < -0.39 is 12.2 Å². The Morgan fingerprint density at radius 2 is 2.29 bits per heavy atom. The standard InChI is InChI=1S/C10H14N4O3/c11-2-1-8(15)9(16)6-3-7-10(17)12-5-13-14(7)4-6/h3-5,8-9,15-16H,1-2,11H2,(H,12,13,17). The number of aromatic nitrogens is 3. The molecule has 0 aromatic carbocycles. The average Bonchev–Trinajstić information content (AvgIpc) is 2.73. The molecular formula is C10H14N4O3. The lowest BCUT2D eigenvalue weighted by Gasteiger charge is -2.15. The van der Waals surface area contributed by atoms with E-state index in [-0.39, 0.29) is 18.5 Å². The average molecular weight is 238 g/mol. The summed E-state index contributed by atoms with van der Waals surface area (Å²) in [7, 11) is 0. The number of nitrogens with one attached hydrogen (secondary N) is 1. The van der Waals surface area contributed by atoms with E-state index in [9.17, 15) is 15.0 Å². The van der Waals surface area contributed by atoms with Crippen LogP contribution in [0.3, 0.4) is 0 Å². The highest BCUT2D eigenvalue weighted by atomic mass is 16.3. The normalized spacial score (nSPS) is 15.0. The van der Waals surface area contributed by atoms with Gasteiger partial charge in [-0.1, -0.05) is 0 Å². The van der Waals surface area contributed by atoms with Gasteiger partial charge in [-0.05, 0) is 19.0 Å². The predicted molar refractivity (Wildman–Crippen MR) is 60.5 cm³/mol.